The Kier molecular flexibility index (Phi) is 5.86. The van der Waals surface area contributed by atoms with E-state index in [2.05, 4.69) is 16.4 Å². The molecular weight excluding hydrogens is 370 g/mol. The van der Waals surface area contributed by atoms with Crippen LogP contribution in [0, 0.1) is 5.92 Å². The number of amides is 2. The van der Waals surface area contributed by atoms with Crippen molar-refractivity contribution in [2.24, 2.45) is 5.92 Å². The minimum Gasteiger partial charge on any atom is -0.338 e. The standard InChI is InChI=1S/C22H25N3O2S/c26-21(24-19-10-8-16(9-11-19)20-14-28-15-23-20)18-7-4-12-25(13-18)22(27)17-5-2-1-3-6-17/h5,8-11,14-15,18H,1-4,6-7,12-13H2,(H,24,26). The van der Waals surface area contributed by atoms with E-state index >= 15 is 0 Å². The van der Waals surface area contributed by atoms with Gasteiger partial charge in [0.2, 0.25) is 11.8 Å². The quantitative estimate of drug-likeness (QED) is 0.830. The summed E-state index contributed by atoms with van der Waals surface area (Å²) in [4.78, 5) is 31.7. The average molecular weight is 396 g/mol. The summed E-state index contributed by atoms with van der Waals surface area (Å²) in [5.74, 6) is -0.0264. The molecular formula is C22H25N3O2S. The Hall–Kier alpha value is -2.47. The molecule has 6 heteroatoms. The number of likely N-dealkylation sites (tertiary alicyclic amines) is 1. The predicted molar refractivity (Wildman–Crippen MR) is 112 cm³/mol. The zero-order chi connectivity index (χ0) is 19.3. The molecule has 2 aliphatic rings. The van der Waals surface area contributed by atoms with Gasteiger partial charge in [-0.3, -0.25) is 9.59 Å². The van der Waals surface area contributed by atoms with Crippen LogP contribution in [0.4, 0.5) is 5.69 Å². The van der Waals surface area contributed by atoms with Crippen LogP contribution in [0.3, 0.4) is 0 Å². The van der Waals surface area contributed by atoms with Crippen LogP contribution >= 0.6 is 11.3 Å². The van der Waals surface area contributed by atoms with Crippen LogP contribution in [0.5, 0.6) is 0 Å². The third kappa shape index (κ3) is 4.33. The normalized spacial score (nSPS) is 19.8. The SMILES string of the molecule is O=C(Nc1ccc(-c2cscn2)cc1)C1CCCN(C(=O)C2=CCCCC2)C1. The second-order valence-corrected chi connectivity index (χ2v) is 8.22. The zero-order valence-electron chi connectivity index (χ0n) is 15.9. The molecule has 1 atom stereocenters. The predicted octanol–water partition coefficient (Wildman–Crippen LogP) is 4.49. The van der Waals surface area contributed by atoms with E-state index in [0.717, 1.165) is 61.2 Å². The second kappa shape index (κ2) is 8.69. The third-order valence-electron chi connectivity index (χ3n) is 5.53. The lowest BCUT2D eigenvalue weighted by molar-refractivity contribution is -0.131. The van der Waals surface area contributed by atoms with Gasteiger partial charge in [-0.05, 0) is 50.7 Å². The number of nitrogens with zero attached hydrogens (tertiary/aromatic N) is 2. The third-order valence-corrected chi connectivity index (χ3v) is 6.11. The van der Waals surface area contributed by atoms with E-state index in [1.54, 1.807) is 11.3 Å². The number of rotatable bonds is 4. The summed E-state index contributed by atoms with van der Waals surface area (Å²) < 4.78 is 0. The Morgan fingerprint density at radius 2 is 2.00 bits per heavy atom. The molecule has 0 spiro atoms. The molecule has 1 aromatic heterocycles. The molecule has 1 N–H and O–H groups in total. The molecule has 1 saturated heterocycles. The van der Waals surface area contributed by atoms with Gasteiger partial charge in [-0.25, -0.2) is 4.98 Å². The van der Waals surface area contributed by atoms with E-state index in [1.165, 1.54) is 6.42 Å². The molecule has 4 rings (SSSR count). The van der Waals surface area contributed by atoms with Crippen molar-refractivity contribution in [2.75, 3.05) is 18.4 Å². The van der Waals surface area contributed by atoms with Gasteiger partial charge in [0.05, 0.1) is 17.1 Å². The summed E-state index contributed by atoms with van der Waals surface area (Å²) in [5.41, 5.74) is 5.51. The number of thiazole rings is 1. The Morgan fingerprint density at radius 3 is 2.71 bits per heavy atom. The van der Waals surface area contributed by atoms with Crippen molar-refractivity contribution in [2.45, 2.75) is 38.5 Å². The molecule has 0 radical (unpaired) electrons. The molecule has 0 saturated carbocycles. The highest BCUT2D eigenvalue weighted by Crippen LogP contribution is 2.25. The molecule has 2 aromatic rings. The van der Waals surface area contributed by atoms with Gasteiger partial charge in [0.15, 0.2) is 0 Å². The Labute approximate surface area is 169 Å². The van der Waals surface area contributed by atoms with Crippen LogP contribution in [0.15, 0.2) is 46.8 Å². The molecule has 1 aliphatic heterocycles. The molecule has 146 valence electrons. The number of carbonyl (C=O) groups is 2. The van der Waals surface area contributed by atoms with Crippen LogP contribution in [0.1, 0.15) is 38.5 Å². The van der Waals surface area contributed by atoms with Crippen molar-refractivity contribution in [1.29, 1.82) is 0 Å². The first-order valence-corrected chi connectivity index (χ1v) is 10.9. The Morgan fingerprint density at radius 1 is 1.14 bits per heavy atom. The van der Waals surface area contributed by atoms with Gasteiger partial charge in [-0.2, -0.15) is 0 Å². The van der Waals surface area contributed by atoms with Crippen molar-refractivity contribution in [3.8, 4) is 11.3 Å². The first-order valence-electron chi connectivity index (χ1n) is 9.98. The van der Waals surface area contributed by atoms with Gasteiger partial charge in [-0.15, -0.1) is 11.3 Å². The number of allylic oxidation sites excluding steroid dienone is 1. The van der Waals surface area contributed by atoms with Gasteiger partial charge >= 0.3 is 0 Å². The molecule has 1 unspecified atom stereocenters. The van der Waals surface area contributed by atoms with Crippen molar-refractivity contribution in [3.63, 3.8) is 0 Å². The van der Waals surface area contributed by atoms with Gasteiger partial charge in [0, 0.05) is 35.3 Å². The molecule has 28 heavy (non-hydrogen) atoms. The minimum atomic E-state index is -0.153. The summed E-state index contributed by atoms with van der Waals surface area (Å²) in [6, 6.07) is 7.75. The van der Waals surface area contributed by atoms with E-state index in [9.17, 15) is 9.59 Å². The number of hydrogen-bond acceptors (Lipinski definition) is 4. The number of aromatic nitrogens is 1. The number of hydrogen-bond donors (Lipinski definition) is 1. The van der Waals surface area contributed by atoms with E-state index in [1.807, 2.05) is 40.1 Å². The highest BCUT2D eigenvalue weighted by Gasteiger charge is 2.30. The largest absolute Gasteiger partial charge is 0.338 e. The van der Waals surface area contributed by atoms with Gasteiger partial charge in [-0.1, -0.05) is 18.2 Å². The fraction of sp³-hybridized carbons (Fsp3) is 0.409. The van der Waals surface area contributed by atoms with Crippen molar-refractivity contribution in [3.05, 3.63) is 46.8 Å². The van der Waals surface area contributed by atoms with Crippen LogP contribution in [-0.4, -0.2) is 34.8 Å². The fourth-order valence-corrected chi connectivity index (χ4v) is 4.50. The maximum atomic E-state index is 12.8. The molecule has 0 bridgehead atoms. The monoisotopic (exact) mass is 395 g/mol. The fourth-order valence-electron chi connectivity index (χ4n) is 3.93. The highest BCUT2D eigenvalue weighted by atomic mass is 32.1. The van der Waals surface area contributed by atoms with E-state index in [4.69, 9.17) is 0 Å². The Bertz CT molecular complexity index is 858. The summed E-state index contributed by atoms with van der Waals surface area (Å²) >= 11 is 1.56. The average Bonchev–Trinajstić information content (AvgIpc) is 3.29. The maximum absolute atomic E-state index is 12.8. The lowest BCUT2D eigenvalue weighted by atomic mass is 9.94. The molecule has 2 amide bonds. The first-order chi connectivity index (χ1) is 13.7. The maximum Gasteiger partial charge on any atom is 0.249 e. The topological polar surface area (TPSA) is 62.3 Å². The summed E-state index contributed by atoms with van der Waals surface area (Å²) in [5, 5.41) is 5.02. The smallest absolute Gasteiger partial charge is 0.249 e. The molecule has 5 nitrogen and oxygen atoms in total. The highest BCUT2D eigenvalue weighted by molar-refractivity contribution is 7.07. The zero-order valence-corrected chi connectivity index (χ0v) is 16.7. The van der Waals surface area contributed by atoms with Crippen LogP contribution in [0.2, 0.25) is 0 Å². The molecule has 1 aliphatic carbocycles. The molecule has 1 aromatic carbocycles. The van der Waals surface area contributed by atoms with Crippen molar-refractivity contribution < 1.29 is 9.59 Å². The van der Waals surface area contributed by atoms with E-state index < -0.39 is 0 Å². The number of benzene rings is 1. The van der Waals surface area contributed by atoms with Crippen LogP contribution < -0.4 is 5.32 Å². The minimum absolute atomic E-state index is 0.00321. The summed E-state index contributed by atoms with van der Waals surface area (Å²) in [7, 11) is 0. The van der Waals surface area contributed by atoms with Crippen molar-refractivity contribution in [1.82, 2.24) is 9.88 Å². The van der Waals surface area contributed by atoms with Crippen LogP contribution in [-0.2, 0) is 9.59 Å². The number of nitrogens with one attached hydrogen (secondary N) is 1. The first kappa shape index (κ1) is 18.9. The summed E-state index contributed by atoms with van der Waals surface area (Å²) in [6.45, 7) is 1.27. The molecule has 2 heterocycles. The number of carbonyl (C=O) groups excluding carboxylic acids is 2. The summed E-state index contributed by atoms with van der Waals surface area (Å²) in [6.07, 6.45) is 7.91. The molecule has 1 fully saturated rings. The van der Waals surface area contributed by atoms with Gasteiger partial charge < -0.3 is 10.2 Å². The second-order valence-electron chi connectivity index (χ2n) is 7.51. The van der Waals surface area contributed by atoms with Crippen LogP contribution in [0.25, 0.3) is 11.3 Å². The number of piperidine rings is 1. The lowest BCUT2D eigenvalue weighted by Crippen LogP contribution is -2.44. The lowest BCUT2D eigenvalue weighted by Gasteiger charge is -2.33. The van der Waals surface area contributed by atoms with Crippen molar-refractivity contribution >= 4 is 28.8 Å². The van der Waals surface area contributed by atoms with Gasteiger partial charge in [0.1, 0.15) is 0 Å². The number of anilines is 1. The Balaban J connectivity index is 1.36. The van der Waals surface area contributed by atoms with E-state index in [0.29, 0.717) is 6.54 Å². The van der Waals surface area contributed by atoms with Gasteiger partial charge in [0.25, 0.3) is 0 Å². The van der Waals surface area contributed by atoms with E-state index in [-0.39, 0.29) is 17.7 Å².